The Balaban J connectivity index is 2.17. The summed E-state index contributed by atoms with van der Waals surface area (Å²) >= 11 is 0. The van der Waals surface area contributed by atoms with Crippen molar-refractivity contribution in [2.24, 2.45) is 0 Å². The summed E-state index contributed by atoms with van der Waals surface area (Å²) in [7, 11) is 0. The second-order valence-corrected chi connectivity index (χ2v) is 4.68. The number of rotatable bonds is 3. The van der Waals surface area contributed by atoms with Gasteiger partial charge in [-0.1, -0.05) is 0 Å². The van der Waals surface area contributed by atoms with Crippen molar-refractivity contribution in [2.45, 2.75) is 38.7 Å². The molecule has 5 nitrogen and oxygen atoms in total. The van der Waals surface area contributed by atoms with Crippen LogP contribution in [0.3, 0.4) is 0 Å². The van der Waals surface area contributed by atoms with Crippen LogP contribution in [0.1, 0.15) is 38.4 Å². The molecule has 1 aliphatic heterocycles. The van der Waals surface area contributed by atoms with Crippen molar-refractivity contribution in [2.75, 3.05) is 18.8 Å². The lowest BCUT2D eigenvalue weighted by molar-refractivity contribution is 0.232. The van der Waals surface area contributed by atoms with E-state index >= 15 is 0 Å². The van der Waals surface area contributed by atoms with Gasteiger partial charge in [0.05, 0.1) is 12.3 Å². The third-order valence-corrected chi connectivity index (χ3v) is 2.85. The Kier molecular flexibility index (Phi) is 3.78. The predicted octanol–water partition coefficient (Wildman–Crippen LogP) is 1.31. The highest BCUT2D eigenvalue weighted by Gasteiger charge is 2.19. The highest BCUT2D eigenvalue weighted by atomic mass is 16.5. The zero-order valence-electron chi connectivity index (χ0n) is 10.4. The summed E-state index contributed by atoms with van der Waals surface area (Å²) in [6.07, 6.45) is 3.88. The van der Waals surface area contributed by atoms with Gasteiger partial charge in [0.2, 0.25) is 5.88 Å². The molecular formula is C12H20N4O. The molecule has 1 aliphatic rings. The molecule has 0 saturated carbocycles. The normalized spacial score (nSPS) is 17.4. The molecule has 5 heteroatoms. The Morgan fingerprint density at radius 3 is 2.76 bits per heavy atom. The molecule has 1 aromatic heterocycles. The van der Waals surface area contributed by atoms with E-state index in [4.69, 9.17) is 10.5 Å². The number of anilines is 1. The standard InChI is InChI=1S/C12H20N4O/c1-8(2)17-12-10(13)7-15-11(16-12)9-3-5-14-6-4-9/h7-9,14H,3-6,13H2,1-2H3. The molecule has 1 fully saturated rings. The van der Waals surface area contributed by atoms with E-state index in [-0.39, 0.29) is 6.10 Å². The third-order valence-electron chi connectivity index (χ3n) is 2.85. The monoisotopic (exact) mass is 236 g/mol. The van der Waals surface area contributed by atoms with E-state index in [9.17, 15) is 0 Å². The number of nitrogens with one attached hydrogen (secondary N) is 1. The summed E-state index contributed by atoms with van der Waals surface area (Å²) < 4.78 is 5.58. The van der Waals surface area contributed by atoms with Gasteiger partial charge in [0.25, 0.3) is 0 Å². The number of aromatic nitrogens is 2. The maximum absolute atomic E-state index is 5.80. The average molecular weight is 236 g/mol. The van der Waals surface area contributed by atoms with E-state index in [2.05, 4.69) is 15.3 Å². The van der Waals surface area contributed by atoms with Gasteiger partial charge in [0.15, 0.2) is 0 Å². The fourth-order valence-corrected chi connectivity index (χ4v) is 1.98. The molecule has 0 spiro atoms. The summed E-state index contributed by atoms with van der Waals surface area (Å²) in [5.41, 5.74) is 6.32. The molecule has 0 aliphatic carbocycles. The molecule has 3 N–H and O–H groups in total. The predicted molar refractivity (Wildman–Crippen MR) is 67.1 cm³/mol. The number of nitrogens with zero attached hydrogens (tertiary/aromatic N) is 2. The molecule has 17 heavy (non-hydrogen) atoms. The van der Waals surface area contributed by atoms with Crippen molar-refractivity contribution < 1.29 is 4.74 Å². The molecule has 0 amide bonds. The third kappa shape index (κ3) is 3.06. The molecule has 1 aromatic rings. The second kappa shape index (κ2) is 5.31. The largest absolute Gasteiger partial charge is 0.473 e. The van der Waals surface area contributed by atoms with Gasteiger partial charge in [-0.05, 0) is 39.8 Å². The first-order chi connectivity index (χ1) is 8.16. The quantitative estimate of drug-likeness (QED) is 0.828. The van der Waals surface area contributed by atoms with Crippen molar-refractivity contribution >= 4 is 5.69 Å². The van der Waals surface area contributed by atoms with Gasteiger partial charge in [0, 0.05) is 5.92 Å². The molecule has 1 saturated heterocycles. The van der Waals surface area contributed by atoms with Gasteiger partial charge in [-0.15, -0.1) is 0 Å². The summed E-state index contributed by atoms with van der Waals surface area (Å²) in [4.78, 5) is 8.78. The minimum absolute atomic E-state index is 0.0769. The smallest absolute Gasteiger partial charge is 0.240 e. The Labute approximate surface area is 102 Å². The molecule has 0 aromatic carbocycles. The topological polar surface area (TPSA) is 73.1 Å². The van der Waals surface area contributed by atoms with Crippen molar-refractivity contribution in [3.05, 3.63) is 12.0 Å². The van der Waals surface area contributed by atoms with Crippen molar-refractivity contribution in [3.63, 3.8) is 0 Å². The van der Waals surface area contributed by atoms with E-state index in [0.29, 0.717) is 17.5 Å². The molecule has 0 bridgehead atoms. The van der Waals surface area contributed by atoms with E-state index in [1.54, 1.807) is 6.20 Å². The van der Waals surface area contributed by atoms with Gasteiger partial charge < -0.3 is 15.8 Å². The number of nitrogen functional groups attached to an aromatic ring is 1. The van der Waals surface area contributed by atoms with Crippen LogP contribution < -0.4 is 15.8 Å². The van der Waals surface area contributed by atoms with Crippen LogP contribution in [0, 0.1) is 0 Å². The molecule has 94 valence electrons. The Morgan fingerprint density at radius 2 is 2.12 bits per heavy atom. The van der Waals surface area contributed by atoms with E-state index in [1.807, 2.05) is 13.8 Å². The first-order valence-corrected chi connectivity index (χ1v) is 6.16. The van der Waals surface area contributed by atoms with Crippen LogP contribution in [0.2, 0.25) is 0 Å². The van der Waals surface area contributed by atoms with Crippen LogP contribution in [-0.4, -0.2) is 29.2 Å². The lowest BCUT2D eigenvalue weighted by Crippen LogP contribution is -2.27. The first-order valence-electron chi connectivity index (χ1n) is 6.16. The SMILES string of the molecule is CC(C)Oc1nc(C2CCNCC2)ncc1N. The van der Waals surface area contributed by atoms with Crippen LogP contribution in [-0.2, 0) is 0 Å². The summed E-state index contributed by atoms with van der Waals surface area (Å²) in [5, 5.41) is 3.33. The first kappa shape index (κ1) is 12.1. The van der Waals surface area contributed by atoms with Gasteiger partial charge in [-0.25, -0.2) is 4.98 Å². The number of piperidine rings is 1. The fraction of sp³-hybridized carbons (Fsp3) is 0.667. The highest BCUT2D eigenvalue weighted by Crippen LogP contribution is 2.26. The zero-order valence-corrected chi connectivity index (χ0v) is 10.4. The summed E-state index contributed by atoms with van der Waals surface area (Å²) in [5.74, 6) is 1.80. The second-order valence-electron chi connectivity index (χ2n) is 4.68. The van der Waals surface area contributed by atoms with Gasteiger partial charge in [0.1, 0.15) is 11.5 Å². The number of ether oxygens (including phenoxy) is 1. The Hall–Kier alpha value is -1.36. The minimum atomic E-state index is 0.0769. The van der Waals surface area contributed by atoms with Crippen molar-refractivity contribution in [1.82, 2.24) is 15.3 Å². The van der Waals surface area contributed by atoms with Gasteiger partial charge >= 0.3 is 0 Å². The number of nitrogens with two attached hydrogens (primary N) is 1. The molecule has 0 atom stereocenters. The van der Waals surface area contributed by atoms with Crippen molar-refractivity contribution in [3.8, 4) is 5.88 Å². The lowest BCUT2D eigenvalue weighted by Gasteiger charge is -2.22. The lowest BCUT2D eigenvalue weighted by atomic mass is 9.97. The van der Waals surface area contributed by atoms with Crippen molar-refractivity contribution in [1.29, 1.82) is 0 Å². The summed E-state index contributed by atoms with van der Waals surface area (Å²) in [6, 6.07) is 0. The summed E-state index contributed by atoms with van der Waals surface area (Å²) in [6.45, 7) is 5.98. The van der Waals surface area contributed by atoms with E-state index in [1.165, 1.54) is 0 Å². The zero-order chi connectivity index (χ0) is 12.3. The molecule has 2 rings (SSSR count). The number of hydrogen-bond acceptors (Lipinski definition) is 5. The van der Waals surface area contributed by atoms with Gasteiger partial charge in [-0.2, -0.15) is 4.98 Å². The molecule has 2 heterocycles. The van der Waals surface area contributed by atoms with Crippen LogP contribution in [0.15, 0.2) is 6.20 Å². The van der Waals surface area contributed by atoms with E-state index in [0.717, 1.165) is 31.8 Å². The van der Waals surface area contributed by atoms with Crippen LogP contribution in [0.4, 0.5) is 5.69 Å². The van der Waals surface area contributed by atoms with Gasteiger partial charge in [-0.3, -0.25) is 0 Å². The van der Waals surface area contributed by atoms with Crippen LogP contribution in [0.5, 0.6) is 5.88 Å². The maximum Gasteiger partial charge on any atom is 0.240 e. The maximum atomic E-state index is 5.80. The van der Waals surface area contributed by atoms with Crippen LogP contribution in [0.25, 0.3) is 0 Å². The number of hydrogen-bond donors (Lipinski definition) is 2. The van der Waals surface area contributed by atoms with E-state index < -0.39 is 0 Å². The highest BCUT2D eigenvalue weighted by molar-refractivity contribution is 5.45. The molecule has 0 unspecified atom stereocenters. The Morgan fingerprint density at radius 1 is 1.41 bits per heavy atom. The Bertz CT molecular complexity index is 375. The van der Waals surface area contributed by atoms with Crippen LogP contribution >= 0.6 is 0 Å². The molecular weight excluding hydrogens is 216 g/mol. The fourth-order valence-electron chi connectivity index (χ4n) is 1.98. The molecule has 0 radical (unpaired) electrons. The minimum Gasteiger partial charge on any atom is -0.473 e. The average Bonchev–Trinajstić information content (AvgIpc) is 2.32.